The first-order chi connectivity index (χ1) is 13.5. The number of amides is 2. The molecule has 152 valence electrons. The van der Waals surface area contributed by atoms with E-state index in [1.165, 1.54) is 19.0 Å². The van der Waals surface area contributed by atoms with E-state index >= 15 is 0 Å². The molecule has 1 fully saturated rings. The van der Waals surface area contributed by atoms with Gasteiger partial charge in [0.25, 0.3) is 6.43 Å². The van der Waals surface area contributed by atoms with Crippen LogP contribution in [-0.2, 0) is 6.54 Å². The molecule has 1 aliphatic rings. The average molecular weight is 395 g/mol. The third-order valence-corrected chi connectivity index (χ3v) is 4.53. The van der Waals surface area contributed by atoms with E-state index in [1.54, 1.807) is 19.1 Å². The summed E-state index contributed by atoms with van der Waals surface area (Å²) in [7, 11) is 0. The van der Waals surface area contributed by atoms with E-state index in [0.29, 0.717) is 23.2 Å². The summed E-state index contributed by atoms with van der Waals surface area (Å²) in [5.74, 6) is 1.43. The predicted octanol–water partition coefficient (Wildman–Crippen LogP) is 3.33. The molecule has 2 aromatic rings. The Labute approximate surface area is 161 Å². The highest BCUT2D eigenvalue weighted by Crippen LogP contribution is 2.32. The van der Waals surface area contributed by atoms with E-state index in [9.17, 15) is 13.6 Å². The number of nitrogens with zero attached hydrogens (tertiary/aromatic N) is 3. The first kappa shape index (κ1) is 20.0. The third kappa shape index (κ3) is 5.37. The number of hydrogen-bond acceptors (Lipinski definition) is 6. The van der Waals surface area contributed by atoms with Crippen molar-refractivity contribution in [3.8, 4) is 5.88 Å². The molecule has 0 spiro atoms. The normalized spacial score (nSPS) is 15.6. The van der Waals surface area contributed by atoms with E-state index in [0.717, 1.165) is 12.8 Å². The van der Waals surface area contributed by atoms with Crippen LogP contribution in [0.5, 0.6) is 5.88 Å². The summed E-state index contributed by atoms with van der Waals surface area (Å²) in [4.78, 5) is 20.5. The molecular weight excluding hydrogens is 372 g/mol. The fourth-order valence-corrected chi connectivity index (χ4v) is 3.09. The summed E-state index contributed by atoms with van der Waals surface area (Å²) < 4.78 is 34.9. The Balaban J connectivity index is 1.50. The molecule has 2 aromatic heterocycles. The first-order valence-electron chi connectivity index (χ1n) is 9.25. The number of halogens is 2. The molecule has 0 aromatic carbocycles. The third-order valence-electron chi connectivity index (χ3n) is 4.53. The molecule has 8 nitrogen and oxygen atoms in total. The maximum Gasteiger partial charge on any atom is 0.315 e. The highest BCUT2D eigenvalue weighted by Gasteiger charge is 2.24. The number of hydrogen-bond donors (Lipinski definition) is 2. The quantitative estimate of drug-likeness (QED) is 0.711. The van der Waals surface area contributed by atoms with Gasteiger partial charge in [0.15, 0.2) is 12.4 Å². The van der Waals surface area contributed by atoms with Gasteiger partial charge in [0, 0.05) is 24.2 Å². The van der Waals surface area contributed by atoms with Crippen molar-refractivity contribution in [2.45, 2.75) is 57.5 Å². The molecular formula is C18H23F2N5O3. The van der Waals surface area contributed by atoms with Gasteiger partial charge in [0.1, 0.15) is 6.04 Å². The zero-order valence-electron chi connectivity index (χ0n) is 15.5. The number of carbonyl (C=O) groups excluding carboxylic acids is 1. The largest absolute Gasteiger partial charge is 0.471 e. The monoisotopic (exact) mass is 395 g/mol. The summed E-state index contributed by atoms with van der Waals surface area (Å²) in [5, 5.41) is 9.38. The zero-order valence-corrected chi connectivity index (χ0v) is 15.5. The Bertz CT molecular complexity index is 780. The first-order valence-corrected chi connectivity index (χ1v) is 9.25. The topological polar surface area (TPSA) is 102 Å². The molecule has 10 heteroatoms. The fourth-order valence-electron chi connectivity index (χ4n) is 3.09. The minimum atomic E-state index is -2.60. The number of pyridine rings is 1. The van der Waals surface area contributed by atoms with E-state index in [-0.39, 0.29) is 12.4 Å². The van der Waals surface area contributed by atoms with Crippen LogP contribution in [0.15, 0.2) is 22.9 Å². The van der Waals surface area contributed by atoms with Gasteiger partial charge in [-0.25, -0.2) is 18.6 Å². The van der Waals surface area contributed by atoms with Crippen molar-refractivity contribution >= 4 is 6.03 Å². The molecule has 0 radical (unpaired) electrons. The number of carbonyl (C=O) groups is 1. The summed E-state index contributed by atoms with van der Waals surface area (Å²) >= 11 is 0. The van der Waals surface area contributed by atoms with Crippen LogP contribution >= 0.6 is 0 Å². The lowest BCUT2D eigenvalue weighted by Gasteiger charge is -2.13. The molecule has 3 rings (SSSR count). The molecule has 1 atom stereocenters. The SMILES string of the molecule is CC(NC(=O)NCc1cccnc1OCC(F)F)c1nc(C2CCCC2)no1. The van der Waals surface area contributed by atoms with Crippen molar-refractivity contribution in [3.05, 3.63) is 35.6 Å². The zero-order chi connectivity index (χ0) is 19.9. The van der Waals surface area contributed by atoms with Crippen LogP contribution in [0.3, 0.4) is 0 Å². The Hall–Kier alpha value is -2.78. The lowest BCUT2D eigenvalue weighted by atomic mass is 10.1. The van der Waals surface area contributed by atoms with Crippen molar-refractivity contribution in [1.82, 2.24) is 25.8 Å². The van der Waals surface area contributed by atoms with Gasteiger partial charge in [-0.05, 0) is 25.8 Å². The molecule has 0 aliphatic heterocycles. The van der Waals surface area contributed by atoms with Crippen LogP contribution < -0.4 is 15.4 Å². The van der Waals surface area contributed by atoms with Crippen LogP contribution in [0.25, 0.3) is 0 Å². The standard InChI is InChI=1S/C18H23F2N5O3/c1-11(16-24-15(25-28-16)12-5-2-3-6-12)23-18(26)22-9-13-7-4-8-21-17(13)27-10-14(19)20/h4,7-8,11-12,14H,2-3,5-6,9-10H2,1H3,(H2,22,23,26). The highest BCUT2D eigenvalue weighted by atomic mass is 19.3. The number of urea groups is 1. The molecule has 1 unspecified atom stereocenters. The summed E-state index contributed by atoms with van der Waals surface area (Å²) in [5.41, 5.74) is 0.493. The van der Waals surface area contributed by atoms with Gasteiger partial charge in [-0.3, -0.25) is 0 Å². The fraction of sp³-hybridized carbons (Fsp3) is 0.556. The minimum absolute atomic E-state index is 0.0641. The van der Waals surface area contributed by atoms with E-state index < -0.39 is 25.1 Å². The lowest BCUT2D eigenvalue weighted by molar-refractivity contribution is 0.0790. The smallest absolute Gasteiger partial charge is 0.315 e. The molecule has 0 saturated heterocycles. The molecule has 2 heterocycles. The van der Waals surface area contributed by atoms with Gasteiger partial charge < -0.3 is 19.9 Å². The Morgan fingerprint density at radius 3 is 2.93 bits per heavy atom. The molecule has 2 N–H and O–H groups in total. The summed E-state index contributed by atoms with van der Waals surface area (Å²) in [6.07, 6.45) is 3.29. The summed E-state index contributed by atoms with van der Waals surface area (Å²) in [6, 6.07) is 2.35. The Morgan fingerprint density at radius 1 is 1.39 bits per heavy atom. The van der Waals surface area contributed by atoms with Crippen LogP contribution in [0.2, 0.25) is 0 Å². The van der Waals surface area contributed by atoms with Crippen molar-refractivity contribution in [2.24, 2.45) is 0 Å². The second-order valence-electron chi connectivity index (χ2n) is 6.69. The van der Waals surface area contributed by atoms with Crippen LogP contribution in [-0.4, -0.2) is 34.2 Å². The number of nitrogens with one attached hydrogen (secondary N) is 2. The van der Waals surface area contributed by atoms with Crippen molar-refractivity contribution in [1.29, 1.82) is 0 Å². The molecule has 1 saturated carbocycles. The second-order valence-corrected chi connectivity index (χ2v) is 6.69. The van der Waals surface area contributed by atoms with Gasteiger partial charge >= 0.3 is 6.03 Å². The van der Waals surface area contributed by atoms with Crippen LogP contribution in [0, 0.1) is 0 Å². The van der Waals surface area contributed by atoms with Crippen molar-refractivity contribution in [2.75, 3.05) is 6.61 Å². The van der Waals surface area contributed by atoms with E-state index in [4.69, 9.17) is 9.26 Å². The lowest BCUT2D eigenvalue weighted by Crippen LogP contribution is -2.36. The minimum Gasteiger partial charge on any atom is -0.471 e. The number of rotatable bonds is 8. The van der Waals surface area contributed by atoms with Crippen LogP contribution in [0.4, 0.5) is 13.6 Å². The maximum absolute atomic E-state index is 12.3. The Morgan fingerprint density at radius 2 is 2.18 bits per heavy atom. The maximum atomic E-state index is 12.3. The van der Waals surface area contributed by atoms with Crippen molar-refractivity contribution in [3.63, 3.8) is 0 Å². The van der Waals surface area contributed by atoms with Gasteiger partial charge in [0.2, 0.25) is 11.8 Å². The second kappa shape index (κ2) is 9.43. The number of aromatic nitrogens is 3. The number of alkyl halides is 2. The van der Waals surface area contributed by atoms with Gasteiger partial charge in [-0.1, -0.05) is 24.1 Å². The highest BCUT2D eigenvalue weighted by molar-refractivity contribution is 5.74. The van der Waals surface area contributed by atoms with E-state index in [1.807, 2.05) is 0 Å². The van der Waals surface area contributed by atoms with Gasteiger partial charge in [-0.15, -0.1) is 0 Å². The average Bonchev–Trinajstić information content (AvgIpc) is 3.36. The molecule has 2 amide bonds. The molecule has 0 bridgehead atoms. The molecule has 28 heavy (non-hydrogen) atoms. The van der Waals surface area contributed by atoms with Gasteiger partial charge in [0.05, 0.1) is 0 Å². The van der Waals surface area contributed by atoms with E-state index in [2.05, 4.69) is 25.8 Å². The predicted molar refractivity (Wildman–Crippen MR) is 95.0 cm³/mol. The molecule has 1 aliphatic carbocycles. The summed E-state index contributed by atoms with van der Waals surface area (Å²) in [6.45, 7) is 1.06. The van der Waals surface area contributed by atoms with Gasteiger partial charge in [-0.2, -0.15) is 4.98 Å². The number of ether oxygens (including phenoxy) is 1. The Kier molecular flexibility index (Phi) is 6.72. The van der Waals surface area contributed by atoms with Crippen LogP contribution in [0.1, 0.15) is 61.8 Å². The van der Waals surface area contributed by atoms with Crippen molar-refractivity contribution < 1.29 is 22.8 Å².